The number of alkyl carbamates (subject to hydrolysis) is 4. The van der Waals surface area contributed by atoms with Crippen LogP contribution in [0.25, 0.3) is 0 Å². The molecule has 364 valence electrons. The van der Waals surface area contributed by atoms with Gasteiger partial charge in [-0.2, -0.15) is 0 Å². The van der Waals surface area contributed by atoms with E-state index in [0.717, 1.165) is 22.3 Å². The van der Waals surface area contributed by atoms with Gasteiger partial charge in [0.15, 0.2) is 0 Å². The van der Waals surface area contributed by atoms with Gasteiger partial charge in [-0.05, 0) is 80.0 Å². The van der Waals surface area contributed by atoms with Gasteiger partial charge in [0.1, 0.15) is 44.6 Å². The third kappa shape index (κ3) is 22.5. The number of unbranched alkanes of at least 4 members (excludes halogenated alkanes) is 3. The first-order chi connectivity index (χ1) is 33.0. The van der Waals surface area contributed by atoms with Crippen LogP contribution in [-0.4, -0.2) is 85.0 Å². The standard InChI is InChI=1S/C50H62N6O12/c57-44(55-43(46(59)60)29-15-18-32-53-49(63)67-35-39-23-9-3-10-24-39)41(27-13-16-30-51-47(61)65-33-37-19-5-1-6-20-37)54-45(58)42(56-50(64)68-36-40-25-11-4-12-26-40)28-14-17-31-52-48(62)66-34-38-21-7-2-8-22-38/h1-12,19-26,41-43H,13-18,27-36H2,(H,51,61)(H,52,62)(H,53,63)(H,54,58)(H,55,57)(H,56,64)(H,59,60)/t41-,42?,43?/m0/s1. The lowest BCUT2D eigenvalue weighted by Crippen LogP contribution is -2.55. The van der Waals surface area contributed by atoms with E-state index in [0.29, 0.717) is 38.5 Å². The van der Waals surface area contributed by atoms with E-state index < -0.39 is 60.3 Å². The van der Waals surface area contributed by atoms with Crippen molar-refractivity contribution in [3.63, 3.8) is 0 Å². The number of carbonyl (C=O) groups excluding carboxylic acids is 6. The number of ether oxygens (including phenoxy) is 4. The maximum absolute atomic E-state index is 14.0. The summed E-state index contributed by atoms with van der Waals surface area (Å²) in [5, 5.41) is 25.9. The van der Waals surface area contributed by atoms with Crippen molar-refractivity contribution in [2.45, 2.75) is 102 Å². The van der Waals surface area contributed by atoms with E-state index in [1.165, 1.54) is 0 Å². The quantitative estimate of drug-likeness (QED) is 0.0224. The van der Waals surface area contributed by atoms with Gasteiger partial charge in [-0.25, -0.2) is 24.0 Å². The molecule has 0 saturated carbocycles. The number of hydrogen-bond acceptors (Lipinski definition) is 11. The summed E-state index contributed by atoms with van der Waals surface area (Å²) in [6.45, 7) is 0.801. The molecule has 0 saturated heterocycles. The molecule has 0 spiro atoms. The Kier molecular flexibility index (Phi) is 24.4. The second-order valence-corrected chi connectivity index (χ2v) is 15.7. The normalized spacial score (nSPS) is 11.9. The van der Waals surface area contributed by atoms with E-state index in [-0.39, 0.29) is 65.3 Å². The number of hydrogen-bond donors (Lipinski definition) is 7. The molecule has 0 aliphatic rings. The molecule has 0 aliphatic heterocycles. The molecular weight excluding hydrogens is 877 g/mol. The highest BCUT2D eigenvalue weighted by atomic mass is 16.6. The number of carboxylic acid groups (broad SMARTS) is 1. The van der Waals surface area contributed by atoms with Crippen molar-refractivity contribution in [2.24, 2.45) is 0 Å². The Morgan fingerprint density at radius 1 is 0.368 bits per heavy atom. The second kappa shape index (κ2) is 31.3. The monoisotopic (exact) mass is 938 g/mol. The van der Waals surface area contributed by atoms with Crippen molar-refractivity contribution >= 4 is 42.2 Å². The van der Waals surface area contributed by atoms with Crippen LogP contribution < -0.4 is 31.9 Å². The first-order valence-electron chi connectivity index (χ1n) is 22.7. The maximum atomic E-state index is 14.0. The number of carbonyl (C=O) groups is 7. The zero-order valence-electron chi connectivity index (χ0n) is 38.0. The van der Waals surface area contributed by atoms with E-state index in [1.807, 2.05) is 97.1 Å². The predicted molar refractivity (Wildman–Crippen MR) is 250 cm³/mol. The van der Waals surface area contributed by atoms with Crippen LogP contribution in [0.1, 0.15) is 80.0 Å². The zero-order chi connectivity index (χ0) is 48.6. The summed E-state index contributed by atoms with van der Waals surface area (Å²) in [5.41, 5.74) is 3.18. The molecule has 0 bridgehead atoms. The van der Waals surface area contributed by atoms with Gasteiger partial charge in [0.05, 0.1) is 0 Å². The lowest BCUT2D eigenvalue weighted by Gasteiger charge is -2.24. The van der Waals surface area contributed by atoms with Crippen LogP contribution in [0, 0.1) is 0 Å². The Bertz CT molecular complexity index is 2130. The first-order valence-corrected chi connectivity index (χ1v) is 22.7. The van der Waals surface area contributed by atoms with Crippen LogP contribution in [-0.2, 0) is 59.8 Å². The smallest absolute Gasteiger partial charge is 0.408 e. The molecule has 68 heavy (non-hydrogen) atoms. The molecule has 4 aromatic carbocycles. The summed E-state index contributed by atoms with van der Waals surface area (Å²) in [6, 6.07) is 32.7. The molecule has 2 unspecified atom stereocenters. The second-order valence-electron chi connectivity index (χ2n) is 15.7. The molecule has 7 N–H and O–H groups in total. The highest BCUT2D eigenvalue weighted by Gasteiger charge is 2.29. The van der Waals surface area contributed by atoms with Crippen molar-refractivity contribution in [1.29, 1.82) is 0 Å². The zero-order valence-corrected chi connectivity index (χ0v) is 38.0. The lowest BCUT2D eigenvalue weighted by molar-refractivity contribution is -0.142. The van der Waals surface area contributed by atoms with Crippen LogP contribution in [0.5, 0.6) is 0 Å². The van der Waals surface area contributed by atoms with Crippen molar-refractivity contribution in [3.8, 4) is 0 Å². The van der Waals surface area contributed by atoms with E-state index in [9.17, 15) is 38.7 Å². The average molecular weight is 939 g/mol. The first kappa shape index (κ1) is 53.0. The Balaban J connectivity index is 1.34. The Labute approximate surface area is 396 Å². The summed E-state index contributed by atoms with van der Waals surface area (Å²) in [6.07, 6.45) is -0.473. The minimum atomic E-state index is -1.33. The van der Waals surface area contributed by atoms with E-state index in [1.54, 1.807) is 24.3 Å². The van der Waals surface area contributed by atoms with Gasteiger partial charge in [0.2, 0.25) is 11.8 Å². The summed E-state index contributed by atoms with van der Waals surface area (Å²) in [4.78, 5) is 90.0. The summed E-state index contributed by atoms with van der Waals surface area (Å²) >= 11 is 0. The lowest BCUT2D eigenvalue weighted by atomic mass is 10.0. The number of aliphatic carboxylic acids is 1. The average Bonchev–Trinajstić information content (AvgIpc) is 3.35. The number of carboxylic acids is 1. The summed E-state index contributed by atoms with van der Waals surface area (Å²) in [5.74, 6) is -2.79. The molecule has 0 aromatic heterocycles. The maximum Gasteiger partial charge on any atom is 0.408 e. The molecule has 0 heterocycles. The molecule has 0 radical (unpaired) electrons. The highest BCUT2D eigenvalue weighted by Crippen LogP contribution is 2.10. The summed E-state index contributed by atoms with van der Waals surface area (Å²) in [7, 11) is 0. The van der Waals surface area contributed by atoms with Gasteiger partial charge in [-0.15, -0.1) is 0 Å². The highest BCUT2D eigenvalue weighted by molar-refractivity contribution is 5.92. The van der Waals surface area contributed by atoms with Gasteiger partial charge in [-0.3, -0.25) is 9.59 Å². The Morgan fingerprint density at radius 2 is 0.647 bits per heavy atom. The number of benzene rings is 4. The molecule has 18 nitrogen and oxygen atoms in total. The molecular formula is C50H62N6O12. The molecule has 4 rings (SSSR count). The van der Waals surface area contributed by atoms with Crippen molar-refractivity contribution in [2.75, 3.05) is 19.6 Å². The van der Waals surface area contributed by atoms with Gasteiger partial charge in [0.25, 0.3) is 0 Å². The van der Waals surface area contributed by atoms with Gasteiger partial charge in [0, 0.05) is 19.6 Å². The largest absolute Gasteiger partial charge is 0.480 e. The SMILES string of the molecule is O=C(NCCCCC(NC(=O)[C@H](CCCCNC(=O)OCc1ccccc1)NC(=O)C(CCCCNC(=O)OCc1ccccc1)NC(=O)OCc1ccccc1)C(=O)O)OCc1ccccc1. The fraction of sp³-hybridized carbons (Fsp3) is 0.380. The predicted octanol–water partition coefficient (Wildman–Crippen LogP) is 6.63. The fourth-order valence-electron chi connectivity index (χ4n) is 6.56. The van der Waals surface area contributed by atoms with Crippen LogP contribution in [0.2, 0.25) is 0 Å². The van der Waals surface area contributed by atoms with Crippen molar-refractivity contribution in [1.82, 2.24) is 31.9 Å². The van der Waals surface area contributed by atoms with E-state index in [2.05, 4.69) is 31.9 Å². The van der Waals surface area contributed by atoms with Crippen molar-refractivity contribution < 1.29 is 57.6 Å². The molecule has 0 aliphatic carbocycles. The molecule has 4 aromatic rings. The van der Waals surface area contributed by atoms with Crippen molar-refractivity contribution in [3.05, 3.63) is 144 Å². The third-order valence-electron chi connectivity index (χ3n) is 10.3. The number of rotatable bonds is 29. The number of amides is 6. The summed E-state index contributed by atoms with van der Waals surface area (Å²) < 4.78 is 21.1. The Hall–Kier alpha value is -7.63. The molecule has 18 heteroatoms. The van der Waals surface area contributed by atoms with Crippen LogP contribution in [0.4, 0.5) is 19.2 Å². The molecule has 0 fully saturated rings. The topological polar surface area (TPSA) is 249 Å². The fourth-order valence-corrected chi connectivity index (χ4v) is 6.56. The minimum absolute atomic E-state index is 0.0166. The molecule has 6 amide bonds. The number of nitrogens with one attached hydrogen (secondary N) is 6. The molecule has 3 atom stereocenters. The van der Waals surface area contributed by atoms with Gasteiger partial charge < -0.3 is 56.0 Å². The van der Waals surface area contributed by atoms with Crippen LogP contribution >= 0.6 is 0 Å². The third-order valence-corrected chi connectivity index (χ3v) is 10.3. The van der Waals surface area contributed by atoms with Gasteiger partial charge in [-0.1, -0.05) is 121 Å². The Morgan fingerprint density at radius 3 is 0.971 bits per heavy atom. The minimum Gasteiger partial charge on any atom is -0.480 e. The van der Waals surface area contributed by atoms with E-state index >= 15 is 0 Å². The van der Waals surface area contributed by atoms with Crippen LogP contribution in [0.3, 0.4) is 0 Å². The van der Waals surface area contributed by atoms with Crippen LogP contribution in [0.15, 0.2) is 121 Å². The van der Waals surface area contributed by atoms with E-state index in [4.69, 9.17) is 18.9 Å². The van der Waals surface area contributed by atoms with Gasteiger partial charge >= 0.3 is 30.3 Å².